The van der Waals surface area contributed by atoms with Gasteiger partial charge in [-0.25, -0.2) is 10.2 Å². The first-order valence-corrected chi connectivity index (χ1v) is 10.1. The molecule has 0 unspecified atom stereocenters. The topological polar surface area (TPSA) is 86.2 Å². The van der Waals surface area contributed by atoms with Crippen LogP contribution in [0, 0.1) is 0 Å². The Kier molecular flexibility index (Phi) is 7.97. The fraction of sp³-hybridized carbons (Fsp3) is 0.160. The number of carbonyl (C=O) groups is 2. The second-order valence-corrected chi connectivity index (χ2v) is 6.76. The first-order valence-electron chi connectivity index (χ1n) is 10.1. The van der Waals surface area contributed by atoms with E-state index in [4.69, 9.17) is 14.2 Å². The maximum absolute atomic E-state index is 12.3. The number of esters is 1. The van der Waals surface area contributed by atoms with E-state index in [1.165, 1.54) is 6.21 Å². The summed E-state index contributed by atoms with van der Waals surface area (Å²) in [5.74, 6) is 0.997. The van der Waals surface area contributed by atoms with Crippen LogP contribution in [0.25, 0.3) is 0 Å². The van der Waals surface area contributed by atoms with E-state index in [0.29, 0.717) is 35.0 Å². The average Bonchev–Trinajstić information content (AvgIpc) is 2.84. The number of amides is 1. The number of ether oxygens (including phenoxy) is 3. The number of hydrogen-bond acceptors (Lipinski definition) is 6. The summed E-state index contributed by atoms with van der Waals surface area (Å²) < 4.78 is 16.0. The zero-order chi connectivity index (χ0) is 22.8. The molecule has 164 valence electrons. The molecular weight excluding hydrogens is 408 g/mol. The molecule has 0 bridgehead atoms. The van der Waals surface area contributed by atoms with Crippen LogP contribution in [0.2, 0.25) is 0 Å². The summed E-state index contributed by atoms with van der Waals surface area (Å²) >= 11 is 0. The van der Waals surface area contributed by atoms with Crippen LogP contribution >= 0.6 is 0 Å². The number of carbonyl (C=O) groups excluding carboxylic acids is 2. The molecule has 0 aliphatic heterocycles. The molecule has 0 fully saturated rings. The van der Waals surface area contributed by atoms with Gasteiger partial charge in [-0.1, -0.05) is 6.92 Å². The van der Waals surface area contributed by atoms with Gasteiger partial charge in [-0.15, -0.1) is 0 Å². The quantitative estimate of drug-likeness (QED) is 0.233. The highest BCUT2D eigenvalue weighted by Crippen LogP contribution is 2.17. The van der Waals surface area contributed by atoms with Crippen LogP contribution in [-0.2, 0) is 0 Å². The Morgan fingerprint density at radius 3 is 2.06 bits per heavy atom. The lowest BCUT2D eigenvalue weighted by molar-refractivity contribution is 0.0734. The number of rotatable bonds is 9. The van der Waals surface area contributed by atoms with Gasteiger partial charge in [0.2, 0.25) is 0 Å². The fourth-order valence-corrected chi connectivity index (χ4v) is 2.67. The van der Waals surface area contributed by atoms with Crippen molar-refractivity contribution in [1.82, 2.24) is 5.43 Å². The maximum Gasteiger partial charge on any atom is 0.343 e. The van der Waals surface area contributed by atoms with Gasteiger partial charge in [0.25, 0.3) is 5.91 Å². The monoisotopic (exact) mass is 432 g/mol. The first-order chi connectivity index (χ1) is 15.6. The van der Waals surface area contributed by atoms with E-state index < -0.39 is 5.97 Å². The predicted octanol–water partition coefficient (Wildman–Crippen LogP) is 4.47. The summed E-state index contributed by atoms with van der Waals surface area (Å²) in [6.45, 7) is 2.66. The van der Waals surface area contributed by atoms with Gasteiger partial charge in [-0.3, -0.25) is 4.79 Å². The highest BCUT2D eigenvalue weighted by Gasteiger charge is 2.09. The molecule has 0 radical (unpaired) electrons. The molecule has 32 heavy (non-hydrogen) atoms. The average molecular weight is 432 g/mol. The van der Waals surface area contributed by atoms with Gasteiger partial charge in [-0.05, 0) is 84.8 Å². The molecular formula is C25H24N2O5. The number of benzene rings is 3. The van der Waals surface area contributed by atoms with E-state index >= 15 is 0 Å². The first kappa shape index (κ1) is 22.6. The Hall–Kier alpha value is -4.13. The van der Waals surface area contributed by atoms with Crippen molar-refractivity contribution in [3.8, 4) is 17.2 Å². The lowest BCUT2D eigenvalue weighted by Crippen LogP contribution is -2.17. The molecule has 0 saturated heterocycles. The highest BCUT2D eigenvalue weighted by atomic mass is 16.5. The Morgan fingerprint density at radius 2 is 1.44 bits per heavy atom. The predicted molar refractivity (Wildman–Crippen MR) is 122 cm³/mol. The second-order valence-electron chi connectivity index (χ2n) is 6.76. The zero-order valence-corrected chi connectivity index (χ0v) is 17.9. The van der Waals surface area contributed by atoms with Gasteiger partial charge < -0.3 is 14.2 Å². The molecule has 1 amide bonds. The fourth-order valence-electron chi connectivity index (χ4n) is 2.67. The van der Waals surface area contributed by atoms with Crippen molar-refractivity contribution < 1.29 is 23.8 Å². The summed E-state index contributed by atoms with van der Waals surface area (Å²) in [5, 5.41) is 3.95. The molecule has 0 aromatic heterocycles. The van der Waals surface area contributed by atoms with Crippen LogP contribution in [0.3, 0.4) is 0 Å². The molecule has 7 heteroatoms. The summed E-state index contributed by atoms with van der Waals surface area (Å²) in [5.41, 5.74) is 4.10. The number of hydrogen-bond donors (Lipinski definition) is 1. The second kappa shape index (κ2) is 11.3. The third-order valence-electron chi connectivity index (χ3n) is 4.39. The molecule has 0 aliphatic carbocycles. The molecule has 3 rings (SSSR count). The molecule has 0 aliphatic rings. The Labute approximate surface area is 186 Å². The van der Waals surface area contributed by atoms with Gasteiger partial charge in [0, 0.05) is 5.56 Å². The zero-order valence-electron chi connectivity index (χ0n) is 17.9. The number of hydrazone groups is 1. The van der Waals surface area contributed by atoms with E-state index in [9.17, 15) is 9.59 Å². The molecule has 0 atom stereocenters. The van der Waals surface area contributed by atoms with Crippen molar-refractivity contribution in [2.24, 2.45) is 5.10 Å². The summed E-state index contributed by atoms with van der Waals surface area (Å²) in [4.78, 5) is 24.4. The van der Waals surface area contributed by atoms with Crippen molar-refractivity contribution in [1.29, 1.82) is 0 Å². The largest absolute Gasteiger partial charge is 0.497 e. The molecule has 1 N–H and O–H groups in total. The highest BCUT2D eigenvalue weighted by molar-refractivity contribution is 5.95. The number of nitrogens with one attached hydrogen (secondary N) is 1. The SMILES string of the molecule is CCCOc1ccc(C(=O)Oc2ccc(C=NNC(=O)c3ccc(OC)cc3)cc2)cc1. The molecule has 3 aromatic carbocycles. The van der Waals surface area contributed by atoms with E-state index in [-0.39, 0.29) is 5.91 Å². The van der Waals surface area contributed by atoms with Gasteiger partial charge >= 0.3 is 5.97 Å². The third kappa shape index (κ3) is 6.43. The van der Waals surface area contributed by atoms with Crippen molar-refractivity contribution in [2.75, 3.05) is 13.7 Å². The van der Waals surface area contributed by atoms with Gasteiger partial charge in [0.05, 0.1) is 25.5 Å². The smallest absolute Gasteiger partial charge is 0.343 e. The van der Waals surface area contributed by atoms with Crippen LogP contribution in [0.1, 0.15) is 39.6 Å². The molecule has 3 aromatic rings. The van der Waals surface area contributed by atoms with Crippen LogP contribution in [0.15, 0.2) is 77.9 Å². The Balaban J connectivity index is 1.51. The normalized spacial score (nSPS) is 10.6. The maximum atomic E-state index is 12.3. The number of nitrogens with zero attached hydrogens (tertiary/aromatic N) is 1. The van der Waals surface area contributed by atoms with Crippen LogP contribution in [0.5, 0.6) is 17.2 Å². The van der Waals surface area contributed by atoms with Crippen molar-refractivity contribution in [3.05, 3.63) is 89.5 Å². The molecule has 0 heterocycles. The Bertz CT molecular complexity index is 1060. The number of methoxy groups -OCH3 is 1. The van der Waals surface area contributed by atoms with Crippen molar-refractivity contribution >= 4 is 18.1 Å². The standard InChI is InChI=1S/C25H24N2O5/c1-3-16-31-22-14-8-20(9-15-22)25(29)32-23-10-4-18(5-11-23)17-26-27-24(28)19-6-12-21(30-2)13-7-19/h4-15,17H,3,16H2,1-2H3,(H,27,28). The molecule has 7 nitrogen and oxygen atoms in total. The van der Waals surface area contributed by atoms with E-state index in [0.717, 1.165) is 12.0 Å². The van der Waals surface area contributed by atoms with E-state index in [1.807, 2.05) is 6.92 Å². The van der Waals surface area contributed by atoms with Crippen LogP contribution < -0.4 is 19.6 Å². The minimum Gasteiger partial charge on any atom is -0.497 e. The third-order valence-corrected chi connectivity index (χ3v) is 4.39. The lowest BCUT2D eigenvalue weighted by Gasteiger charge is -2.07. The summed E-state index contributed by atoms with van der Waals surface area (Å²) in [6, 6.07) is 20.3. The minimum atomic E-state index is -0.458. The lowest BCUT2D eigenvalue weighted by atomic mass is 10.2. The Morgan fingerprint density at radius 1 is 0.844 bits per heavy atom. The van der Waals surface area contributed by atoms with E-state index in [2.05, 4.69) is 10.5 Å². The van der Waals surface area contributed by atoms with Gasteiger partial charge in [0.15, 0.2) is 0 Å². The molecule has 0 saturated carbocycles. The summed E-state index contributed by atoms with van der Waals surface area (Å²) in [6.07, 6.45) is 2.42. The molecule has 0 spiro atoms. The van der Waals surface area contributed by atoms with E-state index in [1.54, 1.807) is 79.9 Å². The van der Waals surface area contributed by atoms with Crippen molar-refractivity contribution in [2.45, 2.75) is 13.3 Å². The van der Waals surface area contributed by atoms with Crippen molar-refractivity contribution in [3.63, 3.8) is 0 Å². The summed E-state index contributed by atoms with van der Waals surface area (Å²) in [7, 11) is 1.56. The van der Waals surface area contributed by atoms with Gasteiger partial charge in [-0.2, -0.15) is 5.10 Å². The van der Waals surface area contributed by atoms with Crippen LogP contribution in [0.4, 0.5) is 0 Å². The van der Waals surface area contributed by atoms with Gasteiger partial charge in [0.1, 0.15) is 17.2 Å². The van der Waals surface area contributed by atoms with Crippen LogP contribution in [-0.4, -0.2) is 31.8 Å². The minimum absolute atomic E-state index is 0.333.